The zero-order valence-corrected chi connectivity index (χ0v) is 16.1. The average Bonchev–Trinajstić information content (AvgIpc) is 3.05. The van der Waals surface area contributed by atoms with Crippen molar-refractivity contribution in [3.05, 3.63) is 62.0 Å². The van der Waals surface area contributed by atoms with Gasteiger partial charge in [0, 0.05) is 16.6 Å². The number of aromatic nitrogens is 2. The van der Waals surface area contributed by atoms with E-state index in [2.05, 4.69) is 4.98 Å². The number of carbonyl (C=O) groups is 1. The third kappa shape index (κ3) is 3.35. The molecular formula is C20H20N2O4S. The van der Waals surface area contributed by atoms with Gasteiger partial charge in [0.05, 0.1) is 12.8 Å². The topological polar surface area (TPSA) is 69.9 Å². The van der Waals surface area contributed by atoms with Gasteiger partial charge < -0.3 is 9.47 Å². The molecule has 27 heavy (non-hydrogen) atoms. The Kier molecular flexibility index (Phi) is 4.70. The van der Waals surface area contributed by atoms with Gasteiger partial charge in [-0.3, -0.25) is 9.20 Å². The molecule has 4 rings (SSSR count). The van der Waals surface area contributed by atoms with E-state index >= 15 is 0 Å². The minimum absolute atomic E-state index is 0.0514. The molecule has 0 saturated carbocycles. The zero-order valence-electron chi connectivity index (χ0n) is 15.3. The van der Waals surface area contributed by atoms with Gasteiger partial charge in [-0.05, 0) is 44.7 Å². The molecule has 0 fully saturated rings. The van der Waals surface area contributed by atoms with E-state index in [0.717, 1.165) is 36.9 Å². The second kappa shape index (κ2) is 7.15. The Bertz CT molecular complexity index is 1080. The first kappa shape index (κ1) is 17.7. The van der Waals surface area contributed by atoms with Crippen LogP contribution in [-0.4, -0.2) is 22.5 Å². The Labute approximate surface area is 160 Å². The van der Waals surface area contributed by atoms with Gasteiger partial charge in [-0.15, -0.1) is 11.3 Å². The molecule has 0 bridgehead atoms. The Morgan fingerprint density at radius 3 is 2.89 bits per heavy atom. The molecule has 1 aromatic carbocycles. The van der Waals surface area contributed by atoms with Crippen molar-refractivity contribution in [3.63, 3.8) is 0 Å². The molecule has 3 aromatic rings. The quantitative estimate of drug-likeness (QED) is 0.646. The maximum Gasteiger partial charge on any atom is 0.342 e. The van der Waals surface area contributed by atoms with E-state index in [1.165, 1.54) is 18.1 Å². The lowest BCUT2D eigenvalue weighted by Gasteiger charge is -2.10. The number of esters is 1. The van der Waals surface area contributed by atoms with Crippen LogP contribution in [0, 0.1) is 6.92 Å². The van der Waals surface area contributed by atoms with Crippen LogP contribution in [-0.2, 0) is 24.2 Å². The van der Waals surface area contributed by atoms with Gasteiger partial charge in [0.1, 0.15) is 17.9 Å². The maximum absolute atomic E-state index is 12.6. The number of methoxy groups -OCH3 is 1. The molecule has 0 aliphatic heterocycles. The van der Waals surface area contributed by atoms with Crippen LogP contribution in [0.4, 0.5) is 0 Å². The van der Waals surface area contributed by atoms with Crippen LogP contribution >= 0.6 is 11.3 Å². The number of hydrogen-bond donors (Lipinski definition) is 0. The zero-order chi connectivity index (χ0) is 19.0. The van der Waals surface area contributed by atoms with E-state index in [-0.39, 0.29) is 12.2 Å². The van der Waals surface area contributed by atoms with Crippen LogP contribution < -0.4 is 10.3 Å². The highest BCUT2D eigenvalue weighted by Gasteiger charge is 2.19. The summed E-state index contributed by atoms with van der Waals surface area (Å²) in [6.45, 7) is 1.84. The van der Waals surface area contributed by atoms with E-state index in [4.69, 9.17) is 9.47 Å². The molecule has 6 nitrogen and oxygen atoms in total. The molecule has 0 spiro atoms. The first-order valence-electron chi connectivity index (χ1n) is 8.92. The number of aryl methyl sites for hydroxylation is 3. The summed E-state index contributed by atoms with van der Waals surface area (Å²) < 4.78 is 12.3. The monoisotopic (exact) mass is 384 g/mol. The number of nitrogens with zero attached hydrogens (tertiary/aromatic N) is 2. The van der Waals surface area contributed by atoms with Crippen molar-refractivity contribution < 1.29 is 14.3 Å². The van der Waals surface area contributed by atoms with E-state index < -0.39 is 5.97 Å². The van der Waals surface area contributed by atoms with E-state index in [1.54, 1.807) is 27.9 Å². The van der Waals surface area contributed by atoms with E-state index in [0.29, 0.717) is 22.0 Å². The van der Waals surface area contributed by atoms with Crippen LogP contribution in [0.15, 0.2) is 29.1 Å². The summed E-state index contributed by atoms with van der Waals surface area (Å²) in [5, 5.41) is 0. The Morgan fingerprint density at radius 2 is 2.07 bits per heavy atom. The molecule has 0 unspecified atom stereocenters. The summed E-state index contributed by atoms with van der Waals surface area (Å²) in [6.07, 6.45) is 4.17. The van der Waals surface area contributed by atoms with Crippen LogP contribution in [0.5, 0.6) is 5.75 Å². The number of carbonyl (C=O) groups excluding carboxylic acids is 1. The Hall–Kier alpha value is -2.67. The number of ether oxygens (including phenoxy) is 2. The van der Waals surface area contributed by atoms with Crippen molar-refractivity contribution >= 4 is 22.3 Å². The van der Waals surface area contributed by atoms with Crippen LogP contribution in [0.3, 0.4) is 0 Å². The van der Waals surface area contributed by atoms with Gasteiger partial charge in [-0.1, -0.05) is 11.6 Å². The molecule has 0 amide bonds. The highest BCUT2D eigenvalue weighted by Crippen LogP contribution is 2.28. The molecule has 0 radical (unpaired) electrons. The minimum Gasteiger partial charge on any atom is -0.496 e. The number of thiazole rings is 1. The molecule has 0 saturated heterocycles. The number of hydrogen-bond acceptors (Lipinski definition) is 6. The van der Waals surface area contributed by atoms with Crippen molar-refractivity contribution in [1.29, 1.82) is 0 Å². The van der Waals surface area contributed by atoms with Gasteiger partial charge >= 0.3 is 5.97 Å². The summed E-state index contributed by atoms with van der Waals surface area (Å²) in [5.41, 5.74) is 2.73. The smallest absolute Gasteiger partial charge is 0.342 e. The molecule has 140 valence electrons. The second-order valence-electron chi connectivity index (χ2n) is 6.66. The standard InChI is InChI=1S/C20H20N2O4S/c1-12-7-8-16(25-2)14(9-12)19(24)26-11-13-10-18(23)22-15-5-3-4-6-17(15)27-20(22)21-13/h7-10H,3-6,11H2,1-2H3. The van der Waals surface area contributed by atoms with Crippen molar-refractivity contribution in [2.45, 2.75) is 39.2 Å². The van der Waals surface area contributed by atoms with Crippen LogP contribution in [0.1, 0.15) is 45.0 Å². The first-order valence-corrected chi connectivity index (χ1v) is 9.73. The predicted molar refractivity (Wildman–Crippen MR) is 103 cm³/mol. The minimum atomic E-state index is -0.497. The van der Waals surface area contributed by atoms with Gasteiger partial charge in [0.25, 0.3) is 5.56 Å². The predicted octanol–water partition coefficient (Wildman–Crippen LogP) is 3.31. The second-order valence-corrected chi connectivity index (χ2v) is 7.72. The highest BCUT2D eigenvalue weighted by molar-refractivity contribution is 7.17. The Morgan fingerprint density at radius 1 is 1.26 bits per heavy atom. The van der Waals surface area contributed by atoms with Gasteiger partial charge in [-0.2, -0.15) is 0 Å². The summed E-state index contributed by atoms with van der Waals surface area (Å²) in [6, 6.07) is 6.78. The molecule has 1 aliphatic carbocycles. The lowest BCUT2D eigenvalue weighted by molar-refractivity contribution is 0.0464. The summed E-state index contributed by atoms with van der Waals surface area (Å²) in [4.78, 5) is 31.5. The number of benzene rings is 1. The lowest BCUT2D eigenvalue weighted by atomic mass is 10.0. The fourth-order valence-electron chi connectivity index (χ4n) is 3.41. The molecule has 7 heteroatoms. The number of rotatable bonds is 4. The van der Waals surface area contributed by atoms with Gasteiger partial charge in [-0.25, -0.2) is 9.78 Å². The van der Waals surface area contributed by atoms with Crippen molar-refractivity contribution in [2.24, 2.45) is 0 Å². The molecule has 2 heterocycles. The normalized spacial score (nSPS) is 13.4. The van der Waals surface area contributed by atoms with E-state index in [9.17, 15) is 9.59 Å². The molecule has 1 aliphatic rings. The van der Waals surface area contributed by atoms with Gasteiger partial charge in [0.15, 0.2) is 4.96 Å². The third-order valence-corrected chi connectivity index (χ3v) is 5.88. The fourth-order valence-corrected chi connectivity index (χ4v) is 4.65. The Balaban J connectivity index is 1.58. The summed E-state index contributed by atoms with van der Waals surface area (Å²) in [5.74, 6) is -0.0389. The van der Waals surface area contributed by atoms with Crippen LogP contribution in [0.25, 0.3) is 4.96 Å². The molecule has 0 N–H and O–H groups in total. The molecule has 2 aromatic heterocycles. The molecular weight excluding hydrogens is 364 g/mol. The fraction of sp³-hybridized carbons (Fsp3) is 0.350. The third-order valence-electron chi connectivity index (χ3n) is 4.74. The highest BCUT2D eigenvalue weighted by atomic mass is 32.1. The van der Waals surface area contributed by atoms with Crippen LogP contribution in [0.2, 0.25) is 0 Å². The first-order chi connectivity index (χ1) is 13.1. The van der Waals surface area contributed by atoms with Crippen molar-refractivity contribution in [2.75, 3.05) is 7.11 Å². The summed E-state index contributed by atoms with van der Waals surface area (Å²) in [7, 11) is 1.51. The largest absolute Gasteiger partial charge is 0.496 e. The maximum atomic E-state index is 12.6. The lowest BCUT2D eigenvalue weighted by Crippen LogP contribution is -2.18. The van der Waals surface area contributed by atoms with Crippen molar-refractivity contribution in [3.8, 4) is 5.75 Å². The SMILES string of the molecule is COc1ccc(C)cc1C(=O)OCc1cc(=O)n2c3c(sc2n1)CCCC3. The summed E-state index contributed by atoms with van der Waals surface area (Å²) >= 11 is 1.56. The van der Waals surface area contributed by atoms with Crippen molar-refractivity contribution in [1.82, 2.24) is 9.38 Å². The van der Waals surface area contributed by atoms with E-state index in [1.807, 2.05) is 13.0 Å². The average molecular weight is 384 g/mol. The van der Waals surface area contributed by atoms with Gasteiger partial charge in [0.2, 0.25) is 0 Å². The number of fused-ring (bicyclic) bond motifs is 3. The molecule has 0 atom stereocenters.